The van der Waals surface area contributed by atoms with Gasteiger partial charge in [0.25, 0.3) is 5.91 Å². The summed E-state index contributed by atoms with van der Waals surface area (Å²) in [5, 5.41) is 1.67. The molecule has 0 unspecified atom stereocenters. The normalized spacial score (nSPS) is 11.4. The van der Waals surface area contributed by atoms with Crippen molar-refractivity contribution in [3.8, 4) is 0 Å². The molecule has 78 valence electrons. The van der Waals surface area contributed by atoms with E-state index in [9.17, 15) is 18.0 Å². The quantitative estimate of drug-likeness (QED) is 0.897. The zero-order valence-electron chi connectivity index (χ0n) is 6.69. The topological polar surface area (TPSA) is 42.2 Å². The van der Waals surface area contributed by atoms with Crippen molar-refractivity contribution in [3.05, 3.63) is 22.6 Å². The molecule has 7 heteroatoms. The fourth-order valence-electron chi connectivity index (χ4n) is 0.704. The molecule has 1 heterocycles. The Morgan fingerprint density at radius 2 is 2.14 bits per heavy atom. The molecule has 0 aromatic carbocycles. The molecular weight excluding hydrogens is 267 g/mol. The van der Waals surface area contributed by atoms with Crippen molar-refractivity contribution < 1.29 is 22.4 Å². The predicted octanol–water partition coefficient (Wildman–Crippen LogP) is 2.33. The molecule has 0 saturated heterocycles. The van der Waals surface area contributed by atoms with E-state index >= 15 is 0 Å². The fourth-order valence-corrected chi connectivity index (χ4v) is 1.01. The van der Waals surface area contributed by atoms with Crippen molar-refractivity contribution in [1.82, 2.24) is 5.32 Å². The molecule has 0 spiro atoms. The molecule has 0 radical (unpaired) electrons. The number of carbonyl (C=O) groups is 1. The average molecular weight is 272 g/mol. The van der Waals surface area contributed by atoms with Gasteiger partial charge < -0.3 is 9.73 Å². The lowest BCUT2D eigenvalue weighted by Crippen LogP contribution is -2.33. The van der Waals surface area contributed by atoms with Gasteiger partial charge in [0.15, 0.2) is 10.4 Å². The molecule has 0 aliphatic rings. The number of halogens is 4. The van der Waals surface area contributed by atoms with Gasteiger partial charge in [-0.25, -0.2) is 0 Å². The van der Waals surface area contributed by atoms with E-state index in [0.717, 1.165) is 0 Å². The first kappa shape index (κ1) is 11.1. The second kappa shape index (κ2) is 4.04. The molecule has 1 aromatic rings. The van der Waals surface area contributed by atoms with Crippen molar-refractivity contribution in [3.63, 3.8) is 0 Å². The van der Waals surface area contributed by atoms with Crippen molar-refractivity contribution in [2.75, 3.05) is 6.54 Å². The van der Waals surface area contributed by atoms with Crippen LogP contribution in [0.4, 0.5) is 13.2 Å². The van der Waals surface area contributed by atoms with Gasteiger partial charge in [0.05, 0.1) is 0 Å². The van der Waals surface area contributed by atoms with Crippen LogP contribution in [0.25, 0.3) is 0 Å². The lowest BCUT2D eigenvalue weighted by molar-refractivity contribution is -0.123. The van der Waals surface area contributed by atoms with E-state index in [1.807, 2.05) is 0 Å². The van der Waals surface area contributed by atoms with Crippen LogP contribution in [-0.2, 0) is 0 Å². The molecule has 1 rings (SSSR count). The summed E-state index contributed by atoms with van der Waals surface area (Å²) < 4.78 is 40.1. The van der Waals surface area contributed by atoms with Crippen LogP contribution in [0.1, 0.15) is 10.6 Å². The highest BCUT2D eigenvalue weighted by Gasteiger charge is 2.28. The Kier molecular flexibility index (Phi) is 3.20. The van der Waals surface area contributed by atoms with Crippen molar-refractivity contribution in [1.29, 1.82) is 0 Å². The van der Waals surface area contributed by atoms with E-state index in [0.29, 0.717) is 0 Å². The van der Waals surface area contributed by atoms with Gasteiger partial charge in [-0.2, -0.15) is 13.2 Å². The summed E-state index contributed by atoms with van der Waals surface area (Å²) in [5.74, 6) is -1.06. The van der Waals surface area contributed by atoms with Gasteiger partial charge in [-0.05, 0) is 28.1 Å². The van der Waals surface area contributed by atoms with Crippen LogP contribution >= 0.6 is 15.9 Å². The van der Waals surface area contributed by atoms with Crippen LogP contribution in [0.2, 0.25) is 0 Å². The van der Waals surface area contributed by atoms with E-state index in [1.165, 1.54) is 12.1 Å². The molecule has 3 nitrogen and oxygen atoms in total. The molecule has 0 fully saturated rings. The average Bonchev–Trinajstić information content (AvgIpc) is 2.46. The van der Waals surface area contributed by atoms with Gasteiger partial charge >= 0.3 is 6.18 Å². The van der Waals surface area contributed by atoms with Gasteiger partial charge in [-0.15, -0.1) is 0 Å². The predicted molar refractivity (Wildman–Crippen MR) is 44.8 cm³/mol. The second-order valence-electron chi connectivity index (χ2n) is 2.40. The minimum absolute atomic E-state index is 0.166. The highest BCUT2D eigenvalue weighted by Crippen LogP contribution is 2.15. The van der Waals surface area contributed by atoms with E-state index in [4.69, 9.17) is 4.42 Å². The smallest absolute Gasteiger partial charge is 0.405 e. The minimum Gasteiger partial charge on any atom is -0.444 e. The number of carbonyl (C=O) groups excluding carboxylic acids is 1. The molecule has 1 N–H and O–H groups in total. The lowest BCUT2D eigenvalue weighted by Gasteiger charge is -2.06. The number of furan rings is 1. The van der Waals surface area contributed by atoms with Crippen LogP contribution in [0.5, 0.6) is 0 Å². The van der Waals surface area contributed by atoms with Gasteiger partial charge in [0, 0.05) is 0 Å². The first-order chi connectivity index (χ1) is 6.38. The summed E-state index contributed by atoms with van der Waals surface area (Å²) in [6.45, 7) is -1.37. The monoisotopic (exact) mass is 271 g/mol. The third-order valence-corrected chi connectivity index (χ3v) is 1.67. The largest absolute Gasteiger partial charge is 0.444 e. The molecule has 0 bridgehead atoms. The molecule has 0 aliphatic carbocycles. The molecule has 14 heavy (non-hydrogen) atoms. The Morgan fingerprint density at radius 3 is 2.57 bits per heavy atom. The third-order valence-electron chi connectivity index (χ3n) is 1.25. The van der Waals surface area contributed by atoms with Gasteiger partial charge in [-0.1, -0.05) is 0 Å². The summed E-state index contributed by atoms with van der Waals surface area (Å²) in [6.07, 6.45) is -4.42. The first-order valence-corrected chi connectivity index (χ1v) is 4.28. The summed E-state index contributed by atoms with van der Waals surface area (Å²) in [5.41, 5.74) is 0. The molecule has 0 aliphatic heterocycles. The molecule has 0 atom stereocenters. The van der Waals surface area contributed by atoms with Crippen LogP contribution in [0.3, 0.4) is 0 Å². The van der Waals surface area contributed by atoms with Crippen LogP contribution in [0.15, 0.2) is 21.2 Å². The Hall–Kier alpha value is -0.980. The summed E-state index contributed by atoms with van der Waals surface area (Å²) in [4.78, 5) is 11.0. The van der Waals surface area contributed by atoms with Gasteiger partial charge in [-0.3, -0.25) is 4.79 Å². The highest BCUT2D eigenvalue weighted by atomic mass is 79.9. The fraction of sp³-hybridized carbons (Fsp3) is 0.286. The maximum Gasteiger partial charge on any atom is 0.405 e. The minimum atomic E-state index is -4.42. The highest BCUT2D eigenvalue weighted by molar-refractivity contribution is 9.10. The maximum absolute atomic E-state index is 11.7. The third kappa shape index (κ3) is 3.41. The summed E-state index contributed by atoms with van der Waals surface area (Å²) in [7, 11) is 0. The number of amides is 1. The Bertz CT molecular complexity index is 334. The zero-order valence-corrected chi connectivity index (χ0v) is 8.28. The van der Waals surface area contributed by atoms with Gasteiger partial charge in [0.1, 0.15) is 6.54 Å². The first-order valence-electron chi connectivity index (χ1n) is 3.49. The molecule has 1 amide bonds. The SMILES string of the molecule is O=C(NCC(F)(F)F)c1ccc(Br)o1. The summed E-state index contributed by atoms with van der Waals surface area (Å²) >= 11 is 2.92. The molecule has 0 saturated carbocycles. The number of nitrogens with one attached hydrogen (secondary N) is 1. The van der Waals surface area contributed by atoms with Crippen LogP contribution < -0.4 is 5.32 Å². The number of rotatable bonds is 2. The Labute approximate surface area is 85.4 Å². The number of hydrogen-bond acceptors (Lipinski definition) is 2. The van der Waals surface area contributed by atoms with Crippen LogP contribution in [-0.4, -0.2) is 18.6 Å². The number of alkyl halides is 3. The number of hydrogen-bond donors (Lipinski definition) is 1. The van der Waals surface area contributed by atoms with Crippen molar-refractivity contribution >= 4 is 21.8 Å². The molecular formula is C7H5BrF3NO2. The van der Waals surface area contributed by atoms with E-state index < -0.39 is 18.6 Å². The molecule has 1 aromatic heterocycles. The van der Waals surface area contributed by atoms with Crippen LogP contribution in [0, 0.1) is 0 Å². The standard InChI is InChI=1S/C7H5BrF3NO2/c8-5-2-1-4(14-5)6(13)12-3-7(9,10)11/h1-2H,3H2,(H,12,13). The van der Waals surface area contributed by atoms with E-state index in [-0.39, 0.29) is 10.4 Å². The van der Waals surface area contributed by atoms with E-state index in [1.54, 1.807) is 5.32 Å². The zero-order chi connectivity index (χ0) is 10.8. The lowest BCUT2D eigenvalue weighted by atomic mass is 10.4. The Morgan fingerprint density at radius 1 is 1.50 bits per heavy atom. The van der Waals surface area contributed by atoms with Crippen molar-refractivity contribution in [2.45, 2.75) is 6.18 Å². The summed E-state index contributed by atoms with van der Waals surface area (Å²) in [6, 6.07) is 2.69. The van der Waals surface area contributed by atoms with E-state index in [2.05, 4.69) is 15.9 Å². The second-order valence-corrected chi connectivity index (χ2v) is 3.18. The maximum atomic E-state index is 11.7. The Balaban J connectivity index is 2.52. The van der Waals surface area contributed by atoms with Gasteiger partial charge in [0.2, 0.25) is 0 Å². The van der Waals surface area contributed by atoms with Crippen molar-refractivity contribution in [2.24, 2.45) is 0 Å².